The number of likely N-dealkylation sites (tertiary alicyclic amines) is 1. The zero-order valence-electron chi connectivity index (χ0n) is 21.9. The molecule has 37 heavy (non-hydrogen) atoms. The Hall–Kier alpha value is -3.44. The smallest absolute Gasteiger partial charge is 0.251 e. The number of aromatic nitrogens is 1. The lowest BCUT2D eigenvalue weighted by atomic mass is 9.87. The van der Waals surface area contributed by atoms with Gasteiger partial charge in [0.1, 0.15) is 12.1 Å². The van der Waals surface area contributed by atoms with E-state index >= 15 is 0 Å². The van der Waals surface area contributed by atoms with Crippen LogP contribution in [-0.2, 0) is 15.0 Å². The Kier molecular flexibility index (Phi) is 8.13. The first-order chi connectivity index (χ1) is 17.7. The standard InChI is InChI=1S/C29H37N5O3/c1-29(2,3)21-11-13-23(14-12-21)34(28(37)25-16-24(35)18-33(25)19-30)26(20-8-7-15-31-17-20)27(36)32-22-9-5-4-6-10-22/h7-8,11-15,17,22,24-26,35H,4-6,9-10,16,18H2,1-3H3,(H,32,36)/t24-,25-,26?/m0/s1. The fraction of sp³-hybridized carbons (Fsp3) is 0.517. The van der Waals surface area contributed by atoms with Gasteiger partial charge in [0.05, 0.1) is 12.6 Å². The van der Waals surface area contributed by atoms with Crippen LogP contribution in [-0.4, -0.2) is 51.5 Å². The highest BCUT2D eigenvalue weighted by molar-refractivity contribution is 6.04. The lowest BCUT2D eigenvalue weighted by molar-refractivity contribution is -0.128. The monoisotopic (exact) mass is 503 g/mol. The van der Waals surface area contributed by atoms with Crippen LogP contribution in [0.15, 0.2) is 48.8 Å². The average Bonchev–Trinajstić information content (AvgIpc) is 3.28. The molecule has 1 aromatic heterocycles. The van der Waals surface area contributed by atoms with Crippen LogP contribution >= 0.6 is 0 Å². The fourth-order valence-electron chi connectivity index (χ4n) is 5.33. The Bertz CT molecular complexity index is 1120. The molecular weight excluding hydrogens is 466 g/mol. The maximum Gasteiger partial charge on any atom is 0.251 e. The third kappa shape index (κ3) is 6.11. The number of aliphatic hydroxyl groups is 1. The molecule has 2 aromatic rings. The first-order valence-electron chi connectivity index (χ1n) is 13.2. The van der Waals surface area contributed by atoms with E-state index in [1.54, 1.807) is 24.5 Å². The second-order valence-corrected chi connectivity index (χ2v) is 11.2. The van der Waals surface area contributed by atoms with Crippen LogP contribution in [0, 0.1) is 11.5 Å². The molecule has 8 nitrogen and oxygen atoms in total. The van der Waals surface area contributed by atoms with Crippen LogP contribution in [0.2, 0.25) is 0 Å². The van der Waals surface area contributed by atoms with Crippen LogP contribution in [0.5, 0.6) is 0 Å². The summed E-state index contributed by atoms with van der Waals surface area (Å²) in [6.45, 7) is 6.44. The van der Waals surface area contributed by atoms with E-state index in [0.29, 0.717) is 11.3 Å². The Morgan fingerprint density at radius 3 is 2.46 bits per heavy atom. The molecule has 196 valence electrons. The Morgan fingerprint density at radius 1 is 1.16 bits per heavy atom. The van der Waals surface area contributed by atoms with Crippen LogP contribution in [0.25, 0.3) is 0 Å². The number of nitriles is 1. The van der Waals surface area contributed by atoms with Crippen molar-refractivity contribution in [3.8, 4) is 6.19 Å². The summed E-state index contributed by atoms with van der Waals surface area (Å²) in [6, 6.07) is 9.45. The van der Waals surface area contributed by atoms with Crippen molar-refractivity contribution in [1.82, 2.24) is 15.2 Å². The van der Waals surface area contributed by atoms with Crippen LogP contribution < -0.4 is 10.2 Å². The van der Waals surface area contributed by atoms with Crippen molar-refractivity contribution in [2.45, 2.75) is 88.9 Å². The number of hydrogen-bond acceptors (Lipinski definition) is 6. The van der Waals surface area contributed by atoms with Crippen LogP contribution in [0.3, 0.4) is 0 Å². The van der Waals surface area contributed by atoms with Gasteiger partial charge in [-0.1, -0.05) is 58.2 Å². The number of amides is 2. The molecule has 0 bridgehead atoms. The van der Waals surface area contributed by atoms with Crippen molar-refractivity contribution < 1.29 is 14.7 Å². The largest absolute Gasteiger partial charge is 0.391 e. The van der Waals surface area contributed by atoms with Gasteiger partial charge in [0.2, 0.25) is 5.91 Å². The first kappa shape index (κ1) is 26.6. The third-order valence-electron chi connectivity index (χ3n) is 7.40. The first-order valence-corrected chi connectivity index (χ1v) is 13.2. The summed E-state index contributed by atoms with van der Waals surface area (Å²) in [6.07, 6.45) is 9.76. The van der Waals surface area contributed by atoms with E-state index in [9.17, 15) is 20.0 Å². The summed E-state index contributed by atoms with van der Waals surface area (Å²) in [5.41, 5.74) is 2.17. The molecule has 2 amide bonds. The summed E-state index contributed by atoms with van der Waals surface area (Å²) < 4.78 is 0. The van der Waals surface area contributed by atoms with Crippen molar-refractivity contribution in [3.63, 3.8) is 0 Å². The zero-order chi connectivity index (χ0) is 26.6. The van der Waals surface area contributed by atoms with Crippen molar-refractivity contribution in [2.24, 2.45) is 0 Å². The van der Waals surface area contributed by atoms with E-state index in [2.05, 4.69) is 31.1 Å². The van der Waals surface area contributed by atoms with Gasteiger partial charge in [-0.2, -0.15) is 5.26 Å². The molecule has 2 heterocycles. The van der Waals surface area contributed by atoms with Gasteiger partial charge in [0, 0.05) is 36.1 Å². The summed E-state index contributed by atoms with van der Waals surface area (Å²) >= 11 is 0. The van der Waals surface area contributed by atoms with E-state index < -0.39 is 24.1 Å². The summed E-state index contributed by atoms with van der Waals surface area (Å²) in [4.78, 5) is 35.1. The number of β-amino-alcohol motifs (C(OH)–C–C–N with tert-alkyl or cyclic N) is 1. The van der Waals surface area contributed by atoms with Gasteiger partial charge in [-0.25, -0.2) is 0 Å². The number of anilines is 1. The molecule has 1 aliphatic heterocycles. The van der Waals surface area contributed by atoms with Gasteiger partial charge in [-0.05, 0) is 42.0 Å². The number of pyridine rings is 1. The number of rotatable bonds is 6. The van der Waals surface area contributed by atoms with Gasteiger partial charge in [0.15, 0.2) is 6.19 Å². The topological polar surface area (TPSA) is 110 Å². The number of nitrogens with one attached hydrogen (secondary N) is 1. The third-order valence-corrected chi connectivity index (χ3v) is 7.40. The Labute approximate surface area is 219 Å². The molecule has 0 spiro atoms. The van der Waals surface area contributed by atoms with Crippen LogP contribution in [0.1, 0.15) is 76.5 Å². The molecule has 0 radical (unpaired) electrons. The number of aliphatic hydroxyl groups excluding tert-OH is 1. The predicted octanol–water partition coefficient (Wildman–Crippen LogP) is 3.82. The van der Waals surface area contributed by atoms with Gasteiger partial charge < -0.3 is 10.4 Å². The number of carbonyl (C=O) groups is 2. The number of nitrogens with zero attached hydrogens (tertiary/aromatic N) is 4. The zero-order valence-corrected chi connectivity index (χ0v) is 21.9. The molecule has 1 aromatic carbocycles. The number of carbonyl (C=O) groups excluding carboxylic acids is 2. The maximum atomic E-state index is 14.2. The molecule has 1 saturated carbocycles. The molecule has 1 unspecified atom stereocenters. The van der Waals surface area contributed by atoms with Crippen molar-refractivity contribution in [3.05, 3.63) is 59.9 Å². The number of benzene rings is 1. The second kappa shape index (κ2) is 11.3. The fourth-order valence-corrected chi connectivity index (χ4v) is 5.33. The lowest BCUT2D eigenvalue weighted by Crippen LogP contribution is -2.51. The molecule has 1 saturated heterocycles. The molecule has 8 heteroatoms. The molecule has 2 aliphatic rings. The Morgan fingerprint density at radius 2 is 1.86 bits per heavy atom. The summed E-state index contributed by atoms with van der Waals surface area (Å²) in [5, 5.41) is 23.1. The molecule has 4 rings (SSSR count). The summed E-state index contributed by atoms with van der Waals surface area (Å²) in [5.74, 6) is -0.663. The maximum absolute atomic E-state index is 14.2. The minimum atomic E-state index is -0.970. The van der Waals surface area contributed by atoms with Gasteiger partial charge in [-0.3, -0.25) is 24.4 Å². The SMILES string of the molecule is CC(C)(C)c1ccc(N(C(=O)[C@@H]2C[C@H](O)CN2C#N)C(C(=O)NC2CCCCC2)c2cccnc2)cc1. The van der Waals surface area contributed by atoms with Crippen molar-refractivity contribution >= 4 is 17.5 Å². The Balaban J connectivity index is 1.78. The minimum Gasteiger partial charge on any atom is -0.391 e. The second-order valence-electron chi connectivity index (χ2n) is 11.2. The van der Waals surface area contributed by atoms with Gasteiger partial charge >= 0.3 is 0 Å². The molecule has 2 fully saturated rings. The quantitative estimate of drug-likeness (QED) is 0.580. The minimum absolute atomic E-state index is 0.0598. The van der Waals surface area contributed by atoms with Gasteiger partial charge in [0.25, 0.3) is 5.91 Å². The van der Waals surface area contributed by atoms with E-state index in [0.717, 1.165) is 37.7 Å². The average molecular weight is 504 g/mol. The van der Waals surface area contributed by atoms with E-state index in [-0.39, 0.29) is 30.3 Å². The van der Waals surface area contributed by atoms with E-state index in [4.69, 9.17) is 0 Å². The van der Waals surface area contributed by atoms with E-state index in [1.165, 1.54) is 9.80 Å². The molecule has 3 atom stereocenters. The van der Waals surface area contributed by atoms with Crippen molar-refractivity contribution in [1.29, 1.82) is 5.26 Å². The molecular formula is C29H37N5O3. The predicted molar refractivity (Wildman–Crippen MR) is 141 cm³/mol. The normalized spacial score (nSPS) is 21.2. The van der Waals surface area contributed by atoms with Gasteiger partial charge in [-0.15, -0.1) is 0 Å². The lowest BCUT2D eigenvalue weighted by Gasteiger charge is -2.35. The number of hydrogen-bond donors (Lipinski definition) is 2. The van der Waals surface area contributed by atoms with Crippen LogP contribution in [0.4, 0.5) is 5.69 Å². The highest BCUT2D eigenvalue weighted by atomic mass is 16.3. The van der Waals surface area contributed by atoms with Crippen molar-refractivity contribution in [2.75, 3.05) is 11.4 Å². The summed E-state index contributed by atoms with van der Waals surface area (Å²) in [7, 11) is 0. The van der Waals surface area contributed by atoms with E-state index in [1.807, 2.05) is 30.5 Å². The highest BCUT2D eigenvalue weighted by Crippen LogP contribution is 2.33. The highest BCUT2D eigenvalue weighted by Gasteiger charge is 2.43. The molecule has 1 aliphatic carbocycles. The molecule has 2 N–H and O–H groups in total.